The molecule has 9 heteroatoms. The molecule has 3 aromatic heterocycles. The van der Waals surface area contributed by atoms with E-state index in [1.54, 1.807) is 12.4 Å². The molecule has 0 N–H and O–H groups in total. The molecule has 0 aromatic carbocycles. The van der Waals surface area contributed by atoms with Crippen LogP contribution in [0.2, 0.25) is 0 Å². The van der Waals surface area contributed by atoms with Gasteiger partial charge in [0.1, 0.15) is 10.8 Å². The standard InChI is InChI=1S/C19H21FN6OS/c1-24(19-4-6-22-28-19)12-16-8-17(23-26(16)13-27)15-2-3-18(21-10-15)25-7-5-14(9-20)11-25/h2-4,6,8,10,13-14H,5,7,9,11-12H2,1H3. The molecule has 3 aromatic rings. The van der Waals surface area contributed by atoms with Crippen molar-refractivity contribution in [2.75, 3.05) is 36.6 Å². The molecular formula is C19H21FN6OS. The average Bonchev–Trinajstić information content (AvgIpc) is 3.48. The highest BCUT2D eigenvalue weighted by molar-refractivity contribution is 7.10. The Labute approximate surface area is 166 Å². The lowest BCUT2D eigenvalue weighted by atomic mass is 10.1. The third-order valence-corrected chi connectivity index (χ3v) is 5.85. The molecule has 1 fully saturated rings. The van der Waals surface area contributed by atoms with Crippen LogP contribution in [0.25, 0.3) is 11.3 Å². The van der Waals surface area contributed by atoms with Crippen LogP contribution in [-0.4, -0.2) is 52.4 Å². The molecule has 1 saturated heterocycles. The van der Waals surface area contributed by atoms with Crippen LogP contribution >= 0.6 is 11.5 Å². The summed E-state index contributed by atoms with van der Waals surface area (Å²) in [5, 5.41) is 5.41. The third-order valence-electron chi connectivity index (χ3n) is 4.98. The lowest BCUT2D eigenvalue weighted by molar-refractivity contribution is 0.384. The number of hydrogen-bond acceptors (Lipinski definition) is 7. The Balaban J connectivity index is 1.51. The number of alkyl halides is 1. The van der Waals surface area contributed by atoms with Crippen LogP contribution in [0.15, 0.2) is 36.7 Å². The maximum Gasteiger partial charge on any atom is 0.234 e. The smallest absolute Gasteiger partial charge is 0.234 e. The Kier molecular flexibility index (Phi) is 5.34. The van der Waals surface area contributed by atoms with Gasteiger partial charge in [0.2, 0.25) is 6.41 Å². The van der Waals surface area contributed by atoms with Gasteiger partial charge >= 0.3 is 0 Å². The van der Waals surface area contributed by atoms with Gasteiger partial charge in [0.15, 0.2) is 0 Å². The van der Waals surface area contributed by atoms with E-state index in [1.807, 2.05) is 36.2 Å². The number of pyridine rings is 1. The maximum absolute atomic E-state index is 12.8. The molecule has 1 unspecified atom stereocenters. The Hall–Kier alpha value is -2.81. The number of carbonyl (C=O) groups is 1. The fourth-order valence-electron chi connectivity index (χ4n) is 3.40. The molecule has 1 aliphatic heterocycles. The zero-order valence-corrected chi connectivity index (χ0v) is 16.3. The van der Waals surface area contributed by atoms with Crippen molar-refractivity contribution in [2.24, 2.45) is 5.92 Å². The van der Waals surface area contributed by atoms with E-state index in [4.69, 9.17) is 0 Å². The average molecular weight is 400 g/mol. The van der Waals surface area contributed by atoms with Crippen molar-refractivity contribution in [3.63, 3.8) is 0 Å². The fourth-order valence-corrected chi connectivity index (χ4v) is 3.96. The molecule has 0 spiro atoms. The van der Waals surface area contributed by atoms with Crippen LogP contribution in [0, 0.1) is 5.92 Å². The molecule has 0 aliphatic carbocycles. The van der Waals surface area contributed by atoms with Crippen molar-refractivity contribution in [1.82, 2.24) is 19.1 Å². The summed E-state index contributed by atoms with van der Waals surface area (Å²) in [6, 6.07) is 7.71. The first-order chi connectivity index (χ1) is 13.7. The molecule has 4 heterocycles. The summed E-state index contributed by atoms with van der Waals surface area (Å²) in [5.74, 6) is 0.947. The number of anilines is 2. The van der Waals surface area contributed by atoms with Crippen molar-refractivity contribution in [3.05, 3.63) is 42.4 Å². The zero-order valence-electron chi connectivity index (χ0n) is 15.5. The largest absolute Gasteiger partial charge is 0.359 e. The minimum Gasteiger partial charge on any atom is -0.359 e. The van der Waals surface area contributed by atoms with E-state index < -0.39 is 0 Å². The van der Waals surface area contributed by atoms with Crippen LogP contribution in [0.4, 0.5) is 15.2 Å². The Morgan fingerprint density at radius 3 is 2.93 bits per heavy atom. The van der Waals surface area contributed by atoms with Crippen LogP contribution in [0.1, 0.15) is 12.1 Å². The highest BCUT2D eigenvalue weighted by Gasteiger charge is 2.23. The lowest BCUT2D eigenvalue weighted by Crippen LogP contribution is -2.21. The summed E-state index contributed by atoms with van der Waals surface area (Å²) in [6.07, 6.45) is 5.08. The first-order valence-electron chi connectivity index (χ1n) is 9.11. The molecule has 146 valence electrons. The van der Waals surface area contributed by atoms with Crippen molar-refractivity contribution in [3.8, 4) is 11.3 Å². The monoisotopic (exact) mass is 400 g/mol. The van der Waals surface area contributed by atoms with E-state index in [0.717, 1.165) is 35.0 Å². The highest BCUT2D eigenvalue weighted by Crippen LogP contribution is 2.26. The van der Waals surface area contributed by atoms with Crippen molar-refractivity contribution in [2.45, 2.75) is 13.0 Å². The van der Waals surface area contributed by atoms with E-state index in [-0.39, 0.29) is 12.6 Å². The van der Waals surface area contributed by atoms with Gasteiger partial charge < -0.3 is 9.80 Å². The molecule has 28 heavy (non-hydrogen) atoms. The maximum atomic E-state index is 12.8. The minimum absolute atomic E-state index is 0.0999. The van der Waals surface area contributed by atoms with Gasteiger partial charge in [0, 0.05) is 44.0 Å². The molecule has 0 radical (unpaired) electrons. The predicted octanol–water partition coefficient (Wildman–Crippen LogP) is 2.87. The van der Waals surface area contributed by atoms with Gasteiger partial charge in [-0.2, -0.15) is 9.47 Å². The highest BCUT2D eigenvalue weighted by atomic mass is 32.1. The molecule has 0 saturated carbocycles. The second-order valence-corrected chi connectivity index (χ2v) is 7.75. The third kappa shape index (κ3) is 3.75. The van der Waals surface area contributed by atoms with Gasteiger partial charge in [0.05, 0.1) is 24.6 Å². The summed E-state index contributed by atoms with van der Waals surface area (Å²) in [4.78, 5) is 20.1. The molecule has 7 nitrogen and oxygen atoms in total. The van der Waals surface area contributed by atoms with Gasteiger partial charge in [-0.05, 0) is 42.2 Å². The molecule has 1 aliphatic rings. The number of aromatic nitrogens is 4. The summed E-state index contributed by atoms with van der Waals surface area (Å²) in [7, 11) is 1.95. The molecular weight excluding hydrogens is 379 g/mol. The SMILES string of the molecule is CN(Cc1cc(-c2ccc(N3CCC(CF)C3)nc2)nn1C=O)c1ccns1. The number of hydrogen-bond donors (Lipinski definition) is 0. The van der Waals surface area contributed by atoms with E-state index >= 15 is 0 Å². The summed E-state index contributed by atoms with van der Waals surface area (Å²) in [6.45, 7) is 1.79. The van der Waals surface area contributed by atoms with Crippen LogP contribution in [0.5, 0.6) is 0 Å². The van der Waals surface area contributed by atoms with Gasteiger partial charge in [-0.15, -0.1) is 0 Å². The Morgan fingerprint density at radius 1 is 1.39 bits per heavy atom. The van der Waals surface area contributed by atoms with Gasteiger partial charge in [0.25, 0.3) is 0 Å². The lowest BCUT2D eigenvalue weighted by Gasteiger charge is -2.16. The van der Waals surface area contributed by atoms with Crippen molar-refractivity contribution in [1.29, 1.82) is 0 Å². The van der Waals surface area contributed by atoms with E-state index in [1.165, 1.54) is 16.2 Å². The Morgan fingerprint density at radius 2 is 2.29 bits per heavy atom. The second kappa shape index (κ2) is 8.05. The second-order valence-electron chi connectivity index (χ2n) is 6.94. The fraction of sp³-hybridized carbons (Fsp3) is 0.368. The van der Waals surface area contributed by atoms with Gasteiger partial charge in [-0.25, -0.2) is 9.67 Å². The van der Waals surface area contributed by atoms with Gasteiger partial charge in [-0.3, -0.25) is 9.18 Å². The summed E-state index contributed by atoms with van der Waals surface area (Å²) < 4.78 is 18.3. The zero-order chi connectivity index (χ0) is 19.5. The van der Waals surface area contributed by atoms with Crippen LogP contribution in [-0.2, 0) is 11.3 Å². The number of rotatable bonds is 7. The summed E-state index contributed by atoms with van der Waals surface area (Å²) >= 11 is 1.40. The number of halogens is 1. The van der Waals surface area contributed by atoms with Crippen molar-refractivity contribution >= 4 is 28.8 Å². The molecule has 4 rings (SSSR count). The number of carbonyl (C=O) groups excluding carboxylic acids is 1. The topological polar surface area (TPSA) is 67.2 Å². The molecule has 0 bridgehead atoms. The predicted molar refractivity (Wildman–Crippen MR) is 108 cm³/mol. The summed E-state index contributed by atoms with van der Waals surface area (Å²) in [5.41, 5.74) is 2.32. The van der Waals surface area contributed by atoms with Gasteiger partial charge in [-0.1, -0.05) is 0 Å². The first kappa shape index (κ1) is 18.5. The number of nitrogens with zero attached hydrogens (tertiary/aromatic N) is 6. The van der Waals surface area contributed by atoms with Crippen LogP contribution in [0.3, 0.4) is 0 Å². The minimum atomic E-state index is -0.281. The quantitative estimate of drug-likeness (QED) is 0.568. The normalized spacial score (nSPS) is 16.5. The van der Waals surface area contributed by atoms with E-state index in [2.05, 4.69) is 19.4 Å². The van der Waals surface area contributed by atoms with Crippen molar-refractivity contribution < 1.29 is 9.18 Å². The first-order valence-corrected chi connectivity index (χ1v) is 9.88. The molecule has 1 atom stereocenters. The van der Waals surface area contributed by atoms with Crippen LogP contribution < -0.4 is 9.80 Å². The van der Waals surface area contributed by atoms with E-state index in [9.17, 15) is 9.18 Å². The molecule has 0 amide bonds. The van der Waals surface area contributed by atoms with E-state index in [0.29, 0.717) is 25.2 Å². The Bertz CT molecular complexity index is 927.